The summed E-state index contributed by atoms with van der Waals surface area (Å²) >= 11 is 0. The number of aliphatic carboxylic acids is 1. The number of urea groups is 1. The van der Waals surface area contributed by atoms with Gasteiger partial charge in [-0.2, -0.15) is 0 Å². The first-order valence-corrected chi connectivity index (χ1v) is 8.16. The summed E-state index contributed by atoms with van der Waals surface area (Å²) in [6.45, 7) is 1.65. The lowest BCUT2D eigenvalue weighted by Gasteiger charge is -2.37. The van der Waals surface area contributed by atoms with Gasteiger partial charge in [-0.1, -0.05) is 6.42 Å². The van der Waals surface area contributed by atoms with Crippen molar-refractivity contribution in [3.63, 3.8) is 0 Å². The summed E-state index contributed by atoms with van der Waals surface area (Å²) in [5.41, 5.74) is -0.850. The zero-order valence-corrected chi connectivity index (χ0v) is 11.9. The molecule has 1 rings (SSSR count). The molecule has 3 N–H and O–H groups in total. The lowest BCUT2D eigenvalue weighted by atomic mass is 9.69. The molecule has 110 valence electrons. The van der Waals surface area contributed by atoms with Crippen molar-refractivity contribution in [2.45, 2.75) is 32.2 Å². The predicted molar refractivity (Wildman–Crippen MR) is 69.6 cm³/mol. The van der Waals surface area contributed by atoms with E-state index < -0.39 is 33.3 Å². The molecule has 0 aromatic rings. The maximum Gasteiger partial charge on any atom is 0.315 e. The standard InChI is InChI=1S/C11H20N2O5S/c1-8(6-19(2,17)18)13-10(16)12-7-11(9(14)15)4-3-5-11/h8H,3-7H2,1-2H3,(H,14,15)(H2,12,13,16). The Bertz CT molecular complexity index is 456. The Labute approximate surface area is 112 Å². The number of nitrogens with one attached hydrogen (secondary N) is 2. The minimum atomic E-state index is -3.16. The fourth-order valence-electron chi connectivity index (χ4n) is 2.09. The summed E-state index contributed by atoms with van der Waals surface area (Å²) in [6, 6.07) is -1.05. The molecule has 0 aromatic carbocycles. The van der Waals surface area contributed by atoms with Crippen LogP contribution < -0.4 is 10.6 Å². The van der Waals surface area contributed by atoms with Gasteiger partial charge in [-0.05, 0) is 19.8 Å². The molecule has 1 aliphatic carbocycles. The Morgan fingerprint density at radius 3 is 2.32 bits per heavy atom. The van der Waals surface area contributed by atoms with Gasteiger partial charge in [-0.3, -0.25) is 4.79 Å². The first kappa shape index (κ1) is 15.7. The van der Waals surface area contributed by atoms with Crippen LogP contribution in [0.2, 0.25) is 0 Å². The van der Waals surface area contributed by atoms with Crippen molar-refractivity contribution in [2.75, 3.05) is 18.6 Å². The smallest absolute Gasteiger partial charge is 0.315 e. The molecule has 0 radical (unpaired) electrons. The van der Waals surface area contributed by atoms with Gasteiger partial charge in [0.25, 0.3) is 0 Å². The molecule has 0 aromatic heterocycles. The Hall–Kier alpha value is -1.31. The molecule has 0 spiro atoms. The molecule has 1 fully saturated rings. The van der Waals surface area contributed by atoms with Gasteiger partial charge < -0.3 is 15.7 Å². The van der Waals surface area contributed by atoms with Crippen molar-refractivity contribution >= 4 is 21.8 Å². The van der Waals surface area contributed by atoms with E-state index in [4.69, 9.17) is 5.11 Å². The van der Waals surface area contributed by atoms with E-state index in [0.29, 0.717) is 12.8 Å². The number of hydrogen-bond acceptors (Lipinski definition) is 4. The highest BCUT2D eigenvalue weighted by Crippen LogP contribution is 2.40. The van der Waals surface area contributed by atoms with Crippen molar-refractivity contribution in [2.24, 2.45) is 5.41 Å². The van der Waals surface area contributed by atoms with Gasteiger partial charge in [-0.25, -0.2) is 13.2 Å². The molecule has 2 amide bonds. The van der Waals surface area contributed by atoms with E-state index in [9.17, 15) is 18.0 Å². The normalized spacial score (nSPS) is 19.1. The molecule has 0 heterocycles. The van der Waals surface area contributed by atoms with E-state index in [1.54, 1.807) is 6.92 Å². The predicted octanol–water partition coefficient (Wildman–Crippen LogP) is -0.0264. The van der Waals surface area contributed by atoms with E-state index >= 15 is 0 Å². The molecule has 0 aliphatic heterocycles. The number of carboxylic acids is 1. The molecule has 1 saturated carbocycles. The largest absolute Gasteiger partial charge is 0.481 e. The Morgan fingerprint density at radius 1 is 1.37 bits per heavy atom. The van der Waals surface area contributed by atoms with Crippen molar-refractivity contribution in [1.29, 1.82) is 0 Å². The lowest BCUT2D eigenvalue weighted by Crippen LogP contribution is -2.51. The van der Waals surface area contributed by atoms with Crippen LogP contribution in [0.3, 0.4) is 0 Å². The average Bonchev–Trinajstić information content (AvgIpc) is 2.11. The molecule has 0 bridgehead atoms. The van der Waals surface area contributed by atoms with Crippen LogP contribution in [-0.2, 0) is 14.6 Å². The molecule has 7 nitrogen and oxygen atoms in total. The van der Waals surface area contributed by atoms with Crippen LogP contribution in [-0.4, -0.2) is 50.1 Å². The molecule has 19 heavy (non-hydrogen) atoms. The number of carbonyl (C=O) groups is 2. The number of rotatable bonds is 6. The Morgan fingerprint density at radius 2 is 1.95 bits per heavy atom. The zero-order valence-electron chi connectivity index (χ0n) is 11.1. The number of carboxylic acid groups (broad SMARTS) is 1. The van der Waals surface area contributed by atoms with E-state index in [0.717, 1.165) is 12.7 Å². The van der Waals surface area contributed by atoms with Crippen LogP contribution in [0.15, 0.2) is 0 Å². The van der Waals surface area contributed by atoms with Crippen molar-refractivity contribution in [3.8, 4) is 0 Å². The third-order valence-electron chi connectivity index (χ3n) is 3.28. The van der Waals surface area contributed by atoms with Crippen molar-refractivity contribution < 1.29 is 23.1 Å². The van der Waals surface area contributed by atoms with Crippen LogP contribution in [0.5, 0.6) is 0 Å². The Kier molecular flexibility index (Phi) is 4.78. The second kappa shape index (κ2) is 5.77. The van der Waals surface area contributed by atoms with Crippen molar-refractivity contribution in [1.82, 2.24) is 10.6 Å². The summed E-state index contributed by atoms with van der Waals surface area (Å²) in [4.78, 5) is 22.6. The maximum absolute atomic E-state index is 11.5. The number of sulfone groups is 1. The first-order valence-electron chi connectivity index (χ1n) is 6.10. The van der Waals surface area contributed by atoms with E-state index in [-0.39, 0.29) is 12.3 Å². The monoisotopic (exact) mass is 292 g/mol. The van der Waals surface area contributed by atoms with E-state index in [1.807, 2.05) is 0 Å². The van der Waals surface area contributed by atoms with Gasteiger partial charge in [0.1, 0.15) is 9.84 Å². The first-order chi connectivity index (χ1) is 8.65. The highest BCUT2D eigenvalue weighted by molar-refractivity contribution is 7.90. The van der Waals surface area contributed by atoms with Gasteiger partial charge in [0.05, 0.1) is 11.2 Å². The van der Waals surface area contributed by atoms with Crippen LogP contribution in [0.4, 0.5) is 4.79 Å². The van der Waals surface area contributed by atoms with Crippen LogP contribution in [0.25, 0.3) is 0 Å². The minimum absolute atomic E-state index is 0.0692. The van der Waals surface area contributed by atoms with Gasteiger partial charge in [0.2, 0.25) is 0 Å². The second-order valence-electron chi connectivity index (χ2n) is 5.26. The number of hydrogen-bond donors (Lipinski definition) is 3. The highest BCUT2D eigenvalue weighted by atomic mass is 32.2. The van der Waals surface area contributed by atoms with Crippen LogP contribution >= 0.6 is 0 Å². The molecular formula is C11H20N2O5S. The quantitative estimate of drug-likeness (QED) is 0.636. The fourth-order valence-corrected chi connectivity index (χ4v) is 3.08. The van der Waals surface area contributed by atoms with Crippen LogP contribution in [0, 0.1) is 5.41 Å². The molecule has 1 atom stereocenters. The van der Waals surface area contributed by atoms with Gasteiger partial charge in [-0.15, -0.1) is 0 Å². The maximum atomic E-state index is 11.5. The topological polar surface area (TPSA) is 113 Å². The van der Waals surface area contributed by atoms with Crippen LogP contribution in [0.1, 0.15) is 26.2 Å². The molecule has 0 saturated heterocycles. The summed E-state index contributed by atoms with van der Waals surface area (Å²) in [5, 5.41) is 14.1. The lowest BCUT2D eigenvalue weighted by molar-refractivity contribution is -0.153. The molecule has 1 aliphatic rings. The molecule has 1 unspecified atom stereocenters. The van der Waals surface area contributed by atoms with E-state index in [2.05, 4.69) is 10.6 Å². The zero-order chi connectivity index (χ0) is 14.7. The minimum Gasteiger partial charge on any atom is -0.481 e. The van der Waals surface area contributed by atoms with Gasteiger partial charge >= 0.3 is 12.0 Å². The van der Waals surface area contributed by atoms with E-state index in [1.165, 1.54) is 0 Å². The fraction of sp³-hybridized carbons (Fsp3) is 0.818. The second-order valence-corrected chi connectivity index (χ2v) is 7.44. The highest BCUT2D eigenvalue weighted by Gasteiger charge is 2.44. The Balaban J connectivity index is 2.38. The SMILES string of the molecule is CC(CS(C)(=O)=O)NC(=O)NCC1(C(=O)O)CCC1. The third kappa shape index (κ3) is 4.70. The summed E-state index contributed by atoms with van der Waals surface area (Å²) in [6.07, 6.45) is 3.06. The summed E-state index contributed by atoms with van der Waals surface area (Å²) < 4.78 is 22.1. The third-order valence-corrected chi connectivity index (χ3v) is 4.39. The average molecular weight is 292 g/mol. The van der Waals surface area contributed by atoms with Crippen molar-refractivity contribution in [3.05, 3.63) is 0 Å². The number of amides is 2. The molecular weight excluding hydrogens is 272 g/mol. The molecule has 8 heteroatoms. The summed E-state index contributed by atoms with van der Waals surface area (Å²) in [5.74, 6) is -1.05. The van der Waals surface area contributed by atoms with Gasteiger partial charge in [0, 0.05) is 18.8 Å². The van der Waals surface area contributed by atoms with Gasteiger partial charge in [0.15, 0.2) is 0 Å². The summed E-state index contributed by atoms with van der Waals surface area (Å²) in [7, 11) is -3.16. The number of carbonyl (C=O) groups excluding carboxylic acids is 1.